The maximum Gasteiger partial charge on any atom is 0.118 e. The summed E-state index contributed by atoms with van der Waals surface area (Å²) >= 11 is 0. The van der Waals surface area contributed by atoms with E-state index in [9.17, 15) is 0 Å². The Labute approximate surface area is 233 Å². The van der Waals surface area contributed by atoms with Gasteiger partial charge in [-0.1, -0.05) is 37.1 Å². The lowest BCUT2D eigenvalue weighted by Gasteiger charge is -2.51. The number of methoxy groups -OCH3 is 2. The van der Waals surface area contributed by atoms with Crippen LogP contribution >= 0.6 is 0 Å². The highest BCUT2D eigenvalue weighted by molar-refractivity contribution is 5.29. The second kappa shape index (κ2) is 11.7. The number of piperidine rings is 3. The van der Waals surface area contributed by atoms with Gasteiger partial charge in [-0.2, -0.15) is 5.10 Å². The third-order valence-electron chi connectivity index (χ3n) is 9.57. The van der Waals surface area contributed by atoms with Crippen molar-refractivity contribution in [2.75, 3.05) is 33.9 Å². The lowest BCUT2D eigenvalue weighted by Crippen LogP contribution is -2.56. The summed E-state index contributed by atoms with van der Waals surface area (Å²) in [4.78, 5) is 5.41. The van der Waals surface area contributed by atoms with Gasteiger partial charge in [0.15, 0.2) is 0 Å². The van der Waals surface area contributed by atoms with Gasteiger partial charge < -0.3 is 9.47 Å². The number of hydrogen-bond acceptors (Lipinski definition) is 5. The summed E-state index contributed by atoms with van der Waals surface area (Å²) in [5, 5.41) is 5.01. The molecular formula is C33H44N4O2. The van der Waals surface area contributed by atoms with Crippen molar-refractivity contribution < 1.29 is 9.47 Å². The van der Waals surface area contributed by atoms with Gasteiger partial charge in [0.1, 0.15) is 11.5 Å². The molecule has 4 fully saturated rings. The minimum atomic E-state index is 0.596. The molecule has 3 aromatic rings. The number of aromatic nitrogens is 2. The maximum atomic E-state index is 5.39. The summed E-state index contributed by atoms with van der Waals surface area (Å²) in [6.07, 6.45) is 7.94. The topological polar surface area (TPSA) is 42.8 Å². The molecule has 39 heavy (non-hydrogen) atoms. The van der Waals surface area contributed by atoms with E-state index < -0.39 is 0 Å². The number of fused-ring (bicyclic) bond motifs is 3. The molecule has 1 aromatic heterocycles. The average Bonchev–Trinajstić information content (AvgIpc) is 3.64. The summed E-state index contributed by atoms with van der Waals surface area (Å²) in [6.45, 7) is 5.33. The van der Waals surface area contributed by atoms with Gasteiger partial charge in [0.25, 0.3) is 0 Å². The van der Waals surface area contributed by atoms with Gasteiger partial charge in [-0.05, 0) is 79.6 Å². The standard InChI is InChI=1S/C33H44N4O2/c1-35-33(19-32(34-35)26-6-4-5-7-26)31-23-37-17-16-27(31)18-28(37)22-36(20-24-8-12-29(38-2)13-9-24)21-25-10-14-30(39-3)15-11-25/h8-15,19,26-28,31H,4-7,16-18,20-23H2,1-3H3/t27-,28+,31-/m0/s1. The molecule has 1 saturated carbocycles. The molecule has 6 heteroatoms. The summed E-state index contributed by atoms with van der Waals surface area (Å²) < 4.78 is 13.0. The normalized spacial score (nSPS) is 24.9. The van der Waals surface area contributed by atoms with Gasteiger partial charge in [0.05, 0.1) is 19.9 Å². The molecule has 208 valence electrons. The lowest BCUT2D eigenvalue weighted by molar-refractivity contribution is 0.00762. The first kappa shape index (κ1) is 26.4. The first-order valence-corrected chi connectivity index (χ1v) is 14.9. The van der Waals surface area contributed by atoms with Gasteiger partial charge in [-0.3, -0.25) is 14.5 Å². The summed E-state index contributed by atoms with van der Waals surface area (Å²) in [6, 6.07) is 20.2. The molecule has 4 aliphatic rings. The molecule has 7 rings (SSSR count). The lowest BCUT2D eigenvalue weighted by atomic mass is 9.74. The van der Waals surface area contributed by atoms with Gasteiger partial charge >= 0.3 is 0 Å². The second-order valence-electron chi connectivity index (χ2n) is 12.0. The fraction of sp³-hybridized carbons (Fsp3) is 0.545. The van der Waals surface area contributed by atoms with Crippen molar-refractivity contribution in [1.82, 2.24) is 19.6 Å². The van der Waals surface area contributed by atoms with Crippen molar-refractivity contribution in [1.29, 1.82) is 0 Å². The Hall–Kier alpha value is -2.83. The Morgan fingerprint density at radius 2 is 1.49 bits per heavy atom. The third-order valence-corrected chi connectivity index (χ3v) is 9.57. The number of aryl methyl sites for hydroxylation is 1. The minimum absolute atomic E-state index is 0.596. The van der Waals surface area contributed by atoms with Crippen molar-refractivity contribution in [3.05, 3.63) is 77.1 Å². The maximum absolute atomic E-state index is 5.39. The molecule has 2 aromatic carbocycles. The predicted octanol–water partition coefficient (Wildman–Crippen LogP) is 5.98. The van der Waals surface area contributed by atoms with E-state index in [-0.39, 0.29) is 0 Å². The molecule has 6 nitrogen and oxygen atoms in total. The number of hydrogen-bond donors (Lipinski definition) is 0. The number of ether oxygens (including phenoxy) is 2. The van der Waals surface area contributed by atoms with Crippen LogP contribution in [-0.2, 0) is 20.1 Å². The van der Waals surface area contributed by atoms with Crippen molar-refractivity contribution >= 4 is 0 Å². The molecule has 0 amide bonds. The number of rotatable bonds is 10. The van der Waals surface area contributed by atoms with Crippen LogP contribution in [0.2, 0.25) is 0 Å². The zero-order chi connectivity index (χ0) is 26.8. The quantitative estimate of drug-likeness (QED) is 0.324. The SMILES string of the molecule is COc1ccc(CN(Cc2ccc(OC)cc2)C[C@H]2C[C@@H]3CCN2C[C@@H]3c2cc(C3CCCC3)nn2C)cc1. The van der Waals surface area contributed by atoms with Crippen molar-refractivity contribution in [2.45, 2.75) is 69.5 Å². The van der Waals surface area contributed by atoms with Gasteiger partial charge in [0.2, 0.25) is 0 Å². The van der Waals surface area contributed by atoms with Crippen molar-refractivity contribution in [2.24, 2.45) is 13.0 Å². The molecule has 0 radical (unpaired) electrons. The highest BCUT2D eigenvalue weighted by Gasteiger charge is 2.42. The van der Waals surface area contributed by atoms with E-state index in [1.54, 1.807) is 14.2 Å². The van der Waals surface area contributed by atoms with Gasteiger partial charge in [-0.25, -0.2) is 0 Å². The monoisotopic (exact) mass is 528 g/mol. The summed E-state index contributed by atoms with van der Waals surface area (Å²) in [5.41, 5.74) is 5.47. The first-order valence-electron chi connectivity index (χ1n) is 14.9. The summed E-state index contributed by atoms with van der Waals surface area (Å²) in [5.74, 6) is 3.86. The fourth-order valence-electron chi connectivity index (χ4n) is 7.40. The average molecular weight is 529 g/mol. The second-order valence-corrected chi connectivity index (χ2v) is 12.0. The number of benzene rings is 2. The van der Waals surface area contributed by atoms with Crippen LogP contribution in [0.25, 0.3) is 0 Å². The molecule has 4 heterocycles. The highest BCUT2D eigenvalue weighted by Crippen LogP contribution is 2.43. The Bertz CT molecular complexity index is 1170. The van der Waals surface area contributed by atoms with Crippen LogP contribution in [0.15, 0.2) is 54.6 Å². The largest absolute Gasteiger partial charge is 0.497 e. The van der Waals surface area contributed by atoms with E-state index in [0.29, 0.717) is 17.9 Å². The van der Waals surface area contributed by atoms with Crippen LogP contribution in [-0.4, -0.2) is 59.5 Å². The summed E-state index contributed by atoms with van der Waals surface area (Å²) in [7, 11) is 5.63. The fourth-order valence-corrected chi connectivity index (χ4v) is 7.40. The predicted molar refractivity (Wildman–Crippen MR) is 155 cm³/mol. The van der Waals surface area contributed by atoms with Gasteiger partial charge in [-0.15, -0.1) is 0 Å². The molecular weight excluding hydrogens is 484 g/mol. The molecule has 0 N–H and O–H groups in total. The van der Waals surface area contributed by atoms with E-state index in [0.717, 1.165) is 43.6 Å². The molecule has 4 atom stereocenters. The molecule has 1 unspecified atom stereocenters. The Kier molecular flexibility index (Phi) is 7.94. The smallest absolute Gasteiger partial charge is 0.118 e. The zero-order valence-corrected chi connectivity index (χ0v) is 23.9. The van der Waals surface area contributed by atoms with Crippen molar-refractivity contribution in [3.8, 4) is 11.5 Å². The third kappa shape index (κ3) is 5.87. The Morgan fingerprint density at radius 3 is 2.03 bits per heavy atom. The number of nitrogens with zero attached hydrogens (tertiary/aromatic N) is 4. The molecule has 0 spiro atoms. The van der Waals surface area contributed by atoms with Crippen LogP contribution in [0, 0.1) is 5.92 Å². The van der Waals surface area contributed by atoms with Gasteiger partial charge in [0, 0.05) is 56.8 Å². The van der Waals surface area contributed by atoms with E-state index >= 15 is 0 Å². The van der Waals surface area contributed by atoms with Crippen molar-refractivity contribution in [3.63, 3.8) is 0 Å². The van der Waals surface area contributed by atoms with E-state index in [1.807, 2.05) is 0 Å². The van der Waals surface area contributed by atoms with E-state index in [2.05, 4.69) is 76.1 Å². The Morgan fingerprint density at radius 1 is 0.872 bits per heavy atom. The minimum Gasteiger partial charge on any atom is -0.497 e. The van der Waals surface area contributed by atoms with Crippen LogP contribution in [0.4, 0.5) is 0 Å². The molecule has 1 aliphatic carbocycles. The first-order chi connectivity index (χ1) is 19.1. The van der Waals surface area contributed by atoms with E-state index in [4.69, 9.17) is 14.6 Å². The Balaban J connectivity index is 1.16. The molecule has 3 aliphatic heterocycles. The van der Waals surface area contributed by atoms with Crippen LogP contribution < -0.4 is 9.47 Å². The molecule has 2 bridgehead atoms. The van der Waals surface area contributed by atoms with E-state index in [1.165, 1.54) is 67.6 Å². The zero-order valence-electron chi connectivity index (χ0n) is 23.9. The van der Waals surface area contributed by atoms with Crippen LogP contribution in [0.5, 0.6) is 11.5 Å². The van der Waals surface area contributed by atoms with Crippen LogP contribution in [0.1, 0.15) is 72.9 Å². The molecule has 3 saturated heterocycles. The van der Waals surface area contributed by atoms with Crippen LogP contribution in [0.3, 0.4) is 0 Å². The highest BCUT2D eigenvalue weighted by atomic mass is 16.5.